The number of amidine groups is 2. The molecule has 30 heavy (non-hydrogen) atoms. The second-order valence-corrected chi connectivity index (χ2v) is 7.81. The van der Waals surface area contributed by atoms with Gasteiger partial charge in [0.1, 0.15) is 5.84 Å². The van der Waals surface area contributed by atoms with E-state index in [9.17, 15) is 4.79 Å². The van der Waals surface area contributed by atoms with E-state index in [1.807, 2.05) is 72.3 Å². The molecule has 0 saturated carbocycles. The maximum absolute atomic E-state index is 12.7. The number of hydrogen-bond donors (Lipinski definition) is 1. The van der Waals surface area contributed by atoms with Gasteiger partial charge in [0.25, 0.3) is 5.91 Å². The molecule has 5 rings (SSSR count). The molecule has 1 aromatic heterocycles. The van der Waals surface area contributed by atoms with Crippen LogP contribution in [0.1, 0.15) is 16.8 Å². The number of hydrogen-bond acceptors (Lipinski definition) is 3. The smallest absolute Gasteiger partial charge is 0.283 e. The molecule has 1 amide bonds. The molecule has 1 N–H and O–H groups in total. The number of nitrogens with one attached hydrogen (secondary N) is 1. The molecular formula is C24H18N4OS. The van der Waals surface area contributed by atoms with Gasteiger partial charge in [-0.15, -0.1) is 0 Å². The summed E-state index contributed by atoms with van der Waals surface area (Å²) in [6.07, 6.45) is 3.74. The number of benzene rings is 2. The Morgan fingerprint density at radius 3 is 2.47 bits per heavy atom. The van der Waals surface area contributed by atoms with Gasteiger partial charge in [0.05, 0.1) is 11.3 Å². The van der Waals surface area contributed by atoms with Gasteiger partial charge in [-0.25, -0.2) is 0 Å². The number of aromatic nitrogens is 1. The van der Waals surface area contributed by atoms with E-state index < -0.39 is 0 Å². The van der Waals surface area contributed by atoms with Crippen LogP contribution < -0.4 is 0 Å². The third kappa shape index (κ3) is 3.31. The van der Waals surface area contributed by atoms with Crippen molar-refractivity contribution in [3.05, 3.63) is 107 Å². The molecule has 6 heteroatoms. The van der Waals surface area contributed by atoms with E-state index in [2.05, 4.69) is 21.7 Å². The molecule has 146 valence electrons. The summed E-state index contributed by atoms with van der Waals surface area (Å²) >= 11 is 1.37. The normalized spacial score (nSPS) is 17.2. The lowest BCUT2D eigenvalue weighted by Gasteiger charge is -2.27. The number of aliphatic imine (C=N–C) groups is 1. The summed E-state index contributed by atoms with van der Waals surface area (Å²) < 4.78 is 2.06. The van der Waals surface area contributed by atoms with Crippen molar-refractivity contribution in [2.75, 3.05) is 0 Å². The van der Waals surface area contributed by atoms with E-state index in [1.165, 1.54) is 17.3 Å². The summed E-state index contributed by atoms with van der Waals surface area (Å²) in [6.45, 7) is 0.692. The second-order valence-electron chi connectivity index (χ2n) is 6.98. The molecule has 2 aliphatic rings. The highest BCUT2D eigenvalue weighted by Gasteiger charge is 2.36. The van der Waals surface area contributed by atoms with E-state index >= 15 is 0 Å². The zero-order chi connectivity index (χ0) is 20.5. The Labute approximate surface area is 178 Å². The first-order valence-corrected chi connectivity index (χ1v) is 10.4. The van der Waals surface area contributed by atoms with Gasteiger partial charge in [-0.05, 0) is 29.3 Å². The first-order chi connectivity index (χ1) is 14.7. The number of amides is 1. The monoisotopic (exact) mass is 410 g/mol. The van der Waals surface area contributed by atoms with Crippen molar-refractivity contribution in [1.29, 1.82) is 5.41 Å². The molecular weight excluding hydrogens is 392 g/mol. The topological polar surface area (TPSA) is 61.5 Å². The Morgan fingerprint density at radius 2 is 1.70 bits per heavy atom. The van der Waals surface area contributed by atoms with Crippen LogP contribution in [0.15, 0.2) is 95.0 Å². The van der Waals surface area contributed by atoms with Gasteiger partial charge in [0.15, 0.2) is 5.17 Å². The summed E-state index contributed by atoms with van der Waals surface area (Å²) in [4.78, 5) is 18.7. The van der Waals surface area contributed by atoms with Gasteiger partial charge in [-0.2, -0.15) is 4.99 Å². The zero-order valence-electron chi connectivity index (χ0n) is 16.0. The van der Waals surface area contributed by atoms with Crippen LogP contribution in [0.25, 0.3) is 11.8 Å². The average Bonchev–Trinajstić information content (AvgIpc) is 3.39. The van der Waals surface area contributed by atoms with Crippen molar-refractivity contribution in [3.63, 3.8) is 0 Å². The molecule has 2 aromatic carbocycles. The zero-order valence-corrected chi connectivity index (χ0v) is 16.8. The van der Waals surface area contributed by atoms with E-state index in [0.717, 1.165) is 17.0 Å². The van der Waals surface area contributed by atoms with Crippen LogP contribution in [-0.4, -0.2) is 26.4 Å². The molecule has 0 spiro atoms. The molecule has 0 unspecified atom stereocenters. The fraction of sp³-hybridized carbons (Fsp3) is 0.0417. The predicted octanol–water partition coefficient (Wildman–Crippen LogP) is 4.84. The van der Waals surface area contributed by atoms with Crippen molar-refractivity contribution >= 4 is 40.4 Å². The molecule has 0 radical (unpaired) electrons. The standard InChI is InChI=1S/C24H18N4OS/c25-22-20(14-19-12-7-13-27(19)15-17-8-3-1-4-9-17)23(29)26-24-28(22)21(16-30-24)18-10-5-2-6-11-18/h1-14,16,25H,15H2/b20-14-,25-22?. The molecule has 0 saturated heterocycles. The number of nitrogens with zero attached hydrogens (tertiary/aromatic N) is 3. The summed E-state index contributed by atoms with van der Waals surface area (Å²) in [7, 11) is 0. The molecule has 5 nitrogen and oxygen atoms in total. The Kier molecular flexibility index (Phi) is 4.69. The number of fused-ring (bicyclic) bond motifs is 1. The maximum atomic E-state index is 12.7. The van der Waals surface area contributed by atoms with Crippen molar-refractivity contribution in [2.45, 2.75) is 6.54 Å². The van der Waals surface area contributed by atoms with E-state index in [4.69, 9.17) is 5.41 Å². The van der Waals surface area contributed by atoms with Gasteiger partial charge >= 0.3 is 0 Å². The SMILES string of the molecule is N=C1/C(=C/c2cccn2Cc2ccccc2)C(=O)N=C2SC=C(c3ccccc3)N12. The maximum Gasteiger partial charge on any atom is 0.283 e. The van der Waals surface area contributed by atoms with Crippen LogP contribution >= 0.6 is 11.8 Å². The Morgan fingerprint density at radius 1 is 0.967 bits per heavy atom. The molecule has 2 aliphatic heterocycles. The van der Waals surface area contributed by atoms with E-state index in [-0.39, 0.29) is 17.3 Å². The van der Waals surface area contributed by atoms with E-state index in [0.29, 0.717) is 11.7 Å². The van der Waals surface area contributed by atoms with Crippen molar-refractivity contribution < 1.29 is 4.79 Å². The third-order valence-electron chi connectivity index (χ3n) is 5.04. The van der Waals surface area contributed by atoms with Crippen molar-refractivity contribution in [1.82, 2.24) is 9.47 Å². The summed E-state index contributed by atoms with van der Waals surface area (Å²) in [5.41, 5.74) is 4.17. The Balaban J connectivity index is 1.49. The highest BCUT2D eigenvalue weighted by atomic mass is 32.2. The highest BCUT2D eigenvalue weighted by molar-refractivity contribution is 8.17. The number of carbonyl (C=O) groups excluding carboxylic acids is 1. The van der Waals surface area contributed by atoms with Gasteiger partial charge in [0, 0.05) is 23.8 Å². The van der Waals surface area contributed by atoms with Gasteiger partial charge in [-0.1, -0.05) is 72.4 Å². The van der Waals surface area contributed by atoms with Crippen LogP contribution in [0.5, 0.6) is 0 Å². The fourth-order valence-corrected chi connectivity index (χ4v) is 4.43. The van der Waals surface area contributed by atoms with Crippen LogP contribution in [0.2, 0.25) is 0 Å². The quantitative estimate of drug-likeness (QED) is 0.626. The molecule has 0 fully saturated rings. The van der Waals surface area contributed by atoms with Crippen molar-refractivity contribution in [3.8, 4) is 0 Å². The number of carbonyl (C=O) groups is 1. The molecule has 3 heterocycles. The lowest BCUT2D eigenvalue weighted by atomic mass is 10.1. The highest BCUT2D eigenvalue weighted by Crippen LogP contribution is 2.37. The molecule has 0 bridgehead atoms. The van der Waals surface area contributed by atoms with Crippen LogP contribution in [0.3, 0.4) is 0 Å². The van der Waals surface area contributed by atoms with Gasteiger partial charge in [0.2, 0.25) is 0 Å². The van der Waals surface area contributed by atoms with Crippen LogP contribution in [-0.2, 0) is 11.3 Å². The Hall–Kier alpha value is -3.64. The Bertz CT molecular complexity index is 1220. The lowest BCUT2D eigenvalue weighted by molar-refractivity contribution is -0.114. The van der Waals surface area contributed by atoms with Crippen molar-refractivity contribution in [2.24, 2.45) is 4.99 Å². The van der Waals surface area contributed by atoms with E-state index in [1.54, 1.807) is 11.0 Å². The molecule has 0 atom stereocenters. The molecule has 0 aliphatic carbocycles. The first-order valence-electron chi connectivity index (χ1n) is 9.56. The average molecular weight is 411 g/mol. The number of rotatable bonds is 4. The minimum Gasteiger partial charge on any atom is -0.344 e. The van der Waals surface area contributed by atoms with Gasteiger partial charge in [-0.3, -0.25) is 15.1 Å². The van der Waals surface area contributed by atoms with Crippen LogP contribution in [0, 0.1) is 5.41 Å². The minimum absolute atomic E-state index is 0.151. The molecule has 3 aromatic rings. The summed E-state index contributed by atoms with van der Waals surface area (Å²) in [5, 5.41) is 11.2. The summed E-state index contributed by atoms with van der Waals surface area (Å²) in [6, 6.07) is 23.9. The summed E-state index contributed by atoms with van der Waals surface area (Å²) in [5.74, 6) is -0.230. The largest absolute Gasteiger partial charge is 0.344 e. The second kappa shape index (κ2) is 7.65. The lowest BCUT2D eigenvalue weighted by Crippen LogP contribution is -2.38. The minimum atomic E-state index is -0.381. The number of thioether (sulfide) groups is 1. The third-order valence-corrected chi connectivity index (χ3v) is 5.86. The van der Waals surface area contributed by atoms with Crippen LogP contribution in [0.4, 0.5) is 0 Å². The predicted molar refractivity (Wildman–Crippen MR) is 122 cm³/mol. The first kappa shape index (κ1) is 18.4. The van der Waals surface area contributed by atoms with Gasteiger partial charge < -0.3 is 4.57 Å². The fourth-order valence-electron chi connectivity index (χ4n) is 3.54.